The van der Waals surface area contributed by atoms with Crippen LogP contribution < -0.4 is 4.57 Å². The Bertz CT molecular complexity index is 294. The maximum atomic E-state index is 10.3. The van der Waals surface area contributed by atoms with Gasteiger partial charge in [-0.15, -0.1) is 9.05 Å². The summed E-state index contributed by atoms with van der Waals surface area (Å²) in [4.78, 5) is 0. The predicted molar refractivity (Wildman–Crippen MR) is 62.1 cm³/mol. The number of hydrogen-bond donors (Lipinski definition) is 0. The minimum Gasteiger partial charge on any atom is -0.240 e. The zero-order valence-corrected chi connectivity index (χ0v) is 11.3. The van der Waals surface area contributed by atoms with Gasteiger partial charge in [0.25, 0.3) is 0 Å². The number of aromatic nitrogens is 2. The molecule has 0 aliphatic rings. The highest BCUT2D eigenvalue weighted by atomic mass is 31.1. The van der Waals surface area contributed by atoms with Crippen molar-refractivity contribution in [2.75, 3.05) is 13.2 Å². The van der Waals surface area contributed by atoms with Gasteiger partial charge in [-0.05, 0) is 20.8 Å². The largest absolute Gasteiger partial charge is 0.697 e. The molecule has 0 aliphatic heterocycles. The van der Waals surface area contributed by atoms with E-state index in [2.05, 4.69) is 33.1 Å². The summed E-state index contributed by atoms with van der Waals surface area (Å²) >= 11 is 0. The maximum Gasteiger partial charge on any atom is 0.697 e. The van der Waals surface area contributed by atoms with Gasteiger partial charge in [-0.2, -0.15) is 0 Å². The molecule has 0 fully saturated rings. The van der Waals surface area contributed by atoms with Gasteiger partial charge in [-0.1, -0.05) is 0 Å². The fourth-order valence-electron chi connectivity index (χ4n) is 0.937. The fraction of sp³-hybridized carbons (Fsp3) is 0.700. The van der Waals surface area contributed by atoms with Crippen molar-refractivity contribution in [2.24, 2.45) is 7.05 Å². The molecular weight excluding hydrogens is 227 g/mol. The first-order valence-electron chi connectivity index (χ1n) is 5.38. The van der Waals surface area contributed by atoms with Crippen LogP contribution in [-0.4, -0.2) is 17.8 Å². The van der Waals surface area contributed by atoms with Crippen molar-refractivity contribution < 1.29 is 18.2 Å². The molecule has 16 heavy (non-hydrogen) atoms. The Morgan fingerprint density at radius 3 is 2.06 bits per heavy atom. The van der Waals surface area contributed by atoms with E-state index in [1.165, 1.54) is 0 Å². The number of hydrogen-bond acceptors (Lipinski definition) is 3. The van der Waals surface area contributed by atoms with Gasteiger partial charge < -0.3 is 0 Å². The van der Waals surface area contributed by atoms with Crippen LogP contribution in [0.2, 0.25) is 0 Å². The summed E-state index contributed by atoms with van der Waals surface area (Å²) in [5.74, 6) is 0. The normalized spacial score (nSPS) is 9.50. The van der Waals surface area contributed by atoms with E-state index in [4.69, 9.17) is 0 Å². The molecule has 0 spiro atoms. The Labute approximate surface area is 97.9 Å². The fourth-order valence-corrected chi connectivity index (χ4v) is 1.43. The molecule has 0 saturated heterocycles. The number of aryl methyl sites for hydroxylation is 2. The summed E-state index contributed by atoms with van der Waals surface area (Å²) in [6, 6.07) is 0. The second-order valence-electron chi connectivity index (χ2n) is 2.97. The van der Waals surface area contributed by atoms with Crippen molar-refractivity contribution in [3.8, 4) is 0 Å². The van der Waals surface area contributed by atoms with E-state index >= 15 is 0 Å². The van der Waals surface area contributed by atoms with Crippen LogP contribution in [0.25, 0.3) is 0 Å². The van der Waals surface area contributed by atoms with Crippen LogP contribution in [0.5, 0.6) is 0 Å². The van der Waals surface area contributed by atoms with E-state index in [0.717, 1.165) is 6.54 Å². The molecule has 1 heterocycles. The molecule has 1 aromatic rings. The molecule has 92 valence electrons. The molecule has 0 bridgehead atoms. The van der Waals surface area contributed by atoms with Gasteiger partial charge in [0.2, 0.25) is 6.33 Å². The topological polar surface area (TPSA) is 44.3 Å². The first-order valence-corrected chi connectivity index (χ1v) is 6.47. The molecule has 6 heteroatoms. The van der Waals surface area contributed by atoms with E-state index in [9.17, 15) is 4.57 Å². The molecule has 0 atom stereocenters. The third-order valence-corrected chi connectivity index (χ3v) is 2.60. The van der Waals surface area contributed by atoms with Crippen LogP contribution >= 0.6 is 8.25 Å². The molecule has 1 rings (SSSR count). The van der Waals surface area contributed by atoms with E-state index in [1.807, 2.05) is 17.8 Å². The summed E-state index contributed by atoms with van der Waals surface area (Å²) in [5.41, 5.74) is 0. The van der Waals surface area contributed by atoms with E-state index in [1.54, 1.807) is 13.8 Å². The van der Waals surface area contributed by atoms with Crippen molar-refractivity contribution in [1.82, 2.24) is 4.57 Å². The third-order valence-electron chi connectivity index (χ3n) is 1.66. The summed E-state index contributed by atoms with van der Waals surface area (Å²) in [7, 11) is 0.189. The Hall–Kier alpha value is -0.770. The average Bonchev–Trinajstić information content (AvgIpc) is 2.66. The summed E-state index contributed by atoms with van der Waals surface area (Å²) in [5, 5.41) is 0. The van der Waals surface area contributed by atoms with Crippen molar-refractivity contribution in [1.29, 1.82) is 0 Å². The highest BCUT2D eigenvalue weighted by Crippen LogP contribution is 2.21. The van der Waals surface area contributed by atoms with Gasteiger partial charge in [-0.3, -0.25) is 0 Å². The van der Waals surface area contributed by atoms with Crippen LogP contribution in [0.1, 0.15) is 20.8 Å². The second-order valence-corrected chi connectivity index (χ2v) is 3.93. The van der Waals surface area contributed by atoms with Gasteiger partial charge in [0.1, 0.15) is 25.6 Å². The molecule has 0 N–H and O–H groups in total. The third kappa shape index (κ3) is 7.51. The Balaban J connectivity index is 0.000000281. The minimum absolute atomic E-state index is 0.440. The summed E-state index contributed by atoms with van der Waals surface area (Å²) in [6.07, 6.45) is 6.14. The maximum absolute atomic E-state index is 10.3. The standard InChI is InChI=1S/C6H11N2.C4H10O3P/c1-3-8-5-4-7(2)6-8;1-3-6-8(5)7-4-2/h4-6H,3H2,1-2H3;3-4H2,1-2H3/q2*+1. The second kappa shape index (κ2) is 9.46. The first kappa shape index (κ1) is 15.2. The molecule has 0 aliphatic carbocycles. The predicted octanol–water partition coefficient (Wildman–Crippen LogP) is 2.05. The van der Waals surface area contributed by atoms with Crippen LogP contribution in [-0.2, 0) is 27.2 Å². The number of rotatable bonds is 5. The SMILES string of the molecule is CCO[P+](=O)OCC.CCn1cc[n+](C)c1. The zero-order valence-electron chi connectivity index (χ0n) is 10.4. The van der Waals surface area contributed by atoms with Gasteiger partial charge in [0, 0.05) is 4.57 Å². The molecule has 0 aromatic carbocycles. The van der Waals surface area contributed by atoms with E-state index in [0.29, 0.717) is 13.2 Å². The highest BCUT2D eigenvalue weighted by molar-refractivity contribution is 7.33. The van der Waals surface area contributed by atoms with Crippen molar-refractivity contribution >= 4 is 8.25 Å². The van der Waals surface area contributed by atoms with Gasteiger partial charge in [0.05, 0.1) is 13.6 Å². The van der Waals surface area contributed by atoms with Crippen molar-refractivity contribution in [3.63, 3.8) is 0 Å². The zero-order chi connectivity index (χ0) is 12.4. The molecule has 1 aromatic heterocycles. The summed E-state index contributed by atoms with van der Waals surface area (Å²) < 4.78 is 23.6. The van der Waals surface area contributed by atoms with Crippen molar-refractivity contribution in [2.45, 2.75) is 27.3 Å². The lowest BCUT2D eigenvalue weighted by atomic mass is 10.7. The van der Waals surface area contributed by atoms with Crippen LogP contribution in [0.3, 0.4) is 0 Å². The Morgan fingerprint density at radius 1 is 1.25 bits per heavy atom. The van der Waals surface area contributed by atoms with Crippen LogP contribution in [0.15, 0.2) is 18.7 Å². The smallest absolute Gasteiger partial charge is 0.240 e. The van der Waals surface area contributed by atoms with Crippen LogP contribution in [0, 0.1) is 0 Å². The number of nitrogens with zero attached hydrogens (tertiary/aromatic N) is 2. The first-order chi connectivity index (χ1) is 7.63. The minimum atomic E-state index is -1.83. The molecule has 0 amide bonds. The molecule has 0 unspecified atom stereocenters. The lowest BCUT2D eigenvalue weighted by Gasteiger charge is -1.81. The quantitative estimate of drug-likeness (QED) is 0.591. The molecule has 5 nitrogen and oxygen atoms in total. The highest BCUT2D eigenvalue weighted by Gasteiger charge is 2.15. The van der Waals surface area contributed by atoms with E-state index < -0.39 is 8.25 Å². The van der Waals surface area contributed by atoms with Crippen LogP contribution in [0.4, 0.5) is 0 Å². The average molecular weight is 248 g/mol. The van der Waals surface area contributed by atoms with Gasteiger partial charge in [0.15, 0.2) is 0 Å². The Morgan fingerprint density at radius 2 is 1.81 bits per heavy atom. The van der Waals surface area contributed by atoms with E-state index in [-0.39, 0.29) is 0 Å². The van der Waals surface area contributed by atoms with Crippen molar-refractivity contribution in [3.05, 3.63) is 18.7 Å². The molecule has 0 saturated carbocycles. The van der Waals surface area contributed by atoms with Gasteiger partial charge >= 0.3 is 8.25 Å². The van der Waals surface area contributed by atoms with Gasteiger partial charge in [-0.25, -0.2) is 9.13 Å². The summed E-state index contributed by atoms with van der Waals surface area (Å²) in [6.45, 7) is 7.60. The lowest BCUT2D eigenvalue weighted by molar-refractivity contribution is -0.671. The molecular formula is C10H21N2O3P+2. The lowest BCUT2D eigenvalue weighted by Crippen LogP contribution is -2.23. The molecule has 0 radical (unpaired) electrons. The number of imidazole rings is 1. The Kier molecular flexibility index (Phi) is 9.00. The monoisotopic (exact) mass is 248 g/mol.